The number of nitrogens with one attached hydrogen (secondary N) is 1. The predicted octanol–water partition coefficient (Wildman–Crippen LogP) is 1.37. The van der Waals surface area contributed by atoms with E-state index in [1.54, 1.807) is 11.8 Å². The smallest absolute Gasteiger partial charge is 0.228 e. The van der Waals surface area contributed by atoms with Crippen LogP contribution in [0, 0.1) is 0 Å². The molecule has 1 heterocycles. The number of rotatable bonds is 3. The molecule has 3 nitrogen and oxygen atoms in total. The number of fused-ring (bicyclic) bond motifs is 1. The van der Waals surface area contributed by atoms with E-state index in [0.29, 0.717) is 13.1 Å². The minimum atomic E-state index is -0.00208. The summed E-state index contributed by atoms with van der Waals surface area (Å²) in [6.07, 6.45) is 0. The molecule has 1 aromatic rings. The maximum absolute atomic E-state index is 11.8. The Morgan fingerprint density at radius 3 is 3.00 bits per heavy atom. The molecule has 1 aliphatic rings. The topological polar surface area (TPSA) is 55.1 Å². The van der Waals surface area contributed by atoms with E-state index in [-0.39, 0.29) is 24.2 Å². The predicted molar refractivity (Wildman–Crippen MR) is 69.2 cm³/mol. The largest absolute Gasteiger partial charge is 0.354 e. The van der Waals surface area contributed by atoms with Gasteiger partial charge in [0.1, 0.15) is 0 Å². The molecule has 1 amide bonds. The fourth-order valence-electron chi connectivity index (χ4n) is 1.70. The SMILES string of the molecule is Cl.NCCNC(=O)C1CSc2ccccc21. The first-order chi connectivity index (χ1) is 7.33. The number of nitrogens with two attached hydrogens (primary N) is 1. The molecule has 1 aliphatic heterocycles. The van der Waals surface area contributed by atoms with Crippen LogP contribution in [-0.2, 0) is 4.79 Å². The molecule has 2 rings (SSSR count). The summed E-state index contributed by atoms with van der Waals surface area (Å²) in [6.45, 7) is 1.05. The van der Waals surface area contributed by atoms with Crippen LogP contribution in [0.1, 0.15) is 11.5 Å². The van der Waals surface area contributed by atoms with Crippen LogP contribution in [0.25, 0.3) is 0 Å². The van der Waals surface area contributed by atoms with Crippen molar-refractivity contribution in [1.82, 2.24) is 5.32 Å². The Balaban J connectivity index is 0.00000128. The molecule has 0 radical (unpaired) electrons. The third kappa shape index (κ3) is 2.70. The standard InChI is InChI=1S/C11H14N2OS.ClH/c12-5-6-13-11(14)9-7-15-10-4-2-1-3-8(9)10;/h1-4,9H,5-7,12H2,(H,13,14);1H. The second-order valence-electron chi connectivity index (χ2n) is 3.48. The summed E-state index contributed by atoms with van der Waals surface area (Å²) >= 11 is 1.75. The summed E-state index contributed by atoms with van der Waals surface area (Å²) in [6, 6.07) is 8.08. The molecule has 16 heavy (non-hydrogen) atoms. The fourth-order valence-corrected chi connectivity index (χ4v) is 2.93. The molecule has 1 unspecified atom stereocenters. The van der Waals surface area contributed by atoms with Gasteiger partial charge in [0.05, 0.1) is 5.92 Å². The number of amides is 1. The number of halogens is 1. The van der Waals surface area contributed by atoms with Gasteiger partial charge in [0, 0.05) is 23.7 Å². The Labute approximate surface area is 106 Å². The van der Waals surface area contributed by atoms with Crippen LogP contribution in [0.4, 0.5) is 0 Å². The van der Waals surface area contributed by atoms with Gasteiger partial charge in [0.2, 0.25) is 5.91 Å². The van der Waals surface area contributed by atoms with Crippen LogP contribution in [-0.4, -0.2) is 24.7 Å². The molecule has 0 saturated heterocycles. The van der Waals surface area contributed by atoms with E-state index < -0.39 is 0 Å². The fraction of sp³-hybridized carbons (Fsp3) is 0.364. The van der Waals surface area contributed by atoms with Crippen LogP contribution >= 0.6 is 24.2 Å². The lowest BCUT2D eigenvalue weighted by Crippen LogP contribution is -2.33. The quantitative estimate of drug-likeness (QED) is 0.861. The van der Waals surface area contributed by atoms with Crippen molar-refractivity contribution in [3.8, 4) is 0 Å². The Morgan fingerprint density at radius 1 is 1.50 bits per heavy atom. The average Bonchev–Trinajstić information content (AvgIpc) is 2.69. The van der Waals surface area contributed by atoms with Crippen molar-refractivity contribution in [2.24, 2.45) is 5.73 Å². The number of thioether (sulfide) groups is 1. The highest BCUT2D eigenvalue weighted by Crippen LogP contribution is 2.39. The third-order valence-corrected chi connectivity index (χ3v) is 3.64. The van der Waals surface area contributed by atoms with E-state index in [2.05, 4.69) is 11.4 Å². The molecule has 1 aromatic carbocycles. The first kappa shape index (κ1) is 13.4. The molecular weight excluding hydrogens is 244 g/mol. The Hall–Kier alpha value is -0.710. The minimum Gasteiger partial charge on any atom is -0.354 e. The van der Waals surface area contributed by atoms with E-state index >= 15 is 0 Å². The highest BCUT2D eigenvalue weighted by atomic mass is 35.5. The average molecular weight is 259 g/mol. The van der Waals surface area contributed by atoms with Gasteiger partial charge in [0.25, 0.3) is 0 Å². The lowest BCUT2D eigenvalue weighted by molar-refractivity contribution is -0.122. The van der Waals surface area contributed by atoms with Crippen molar-refractivity contribution in [2.45, 2.75) is 10.8 Å². The maximum Gasteiger partial charge on any atom is 0.228 e. The van der Waals surface area contributed by atoms with Crippen molar-refractivity contribution in [2.75, 3.05) is 18.8 Å². The van der Waals surface area contributed by atoms with Gasteiger partial charge >= 0.3 is 0 Å². The number of carbonyl (C=O) groups excluding carboxylic acids is 1. The monoisotopic (exact) mass is 258 g/mol. The van der Waals surface area contributed by atoms with Gasteiger partial charge in [-0.25, -0.2) is 0 Å². The van der Waals surface area contributed by atoms with Crippen molar-refractivity contribution in [3.05, 3.63) is 29.8 Å². The lowest BCUT2D eigenvalue weighted by atomic mass is 10.0. The van der Waals surface area contributed by atoms with Crippen LogP contribution in [0.5, 0.6) is 0 Å². The summed E-state index contributed by atoms with van der Waals surface area (Å²) in [7, 11) is 0. The number of carbonyl (C=O) groups is 1. The lowest BCUT2D eigenvalue weighted by Gasteiger charge is -2.10. The summed E-state index contributed by atoms with van der Waals surface area (Å²) in [5.41, 5.74) is 6.50. The second-order valence-corrected chi connectivity index (χ2v) is 4.54. The zero-order valence-corrected chi connectivity index (χ0v) is 10.4. The Morgan fingerprint density at radius 2 is 2.25 bits per heavy atom. The van der Waals surface area contributed by atoms with E-state index in [1.807, 2.05) is 18.2 Å². The van der Waals surface area contributed by atoms with Crippen molar-refractivity contribution < 1.29 is 4.79 Å². The van der Waals surface area contributed by atoms with Gasteiger partial charge in [-0.1, -0.05) is 18.2 Å². The number of hydrogen-bond acceptors (Lipinski definition) is 3. The Bertz CT molecular complexity index is 373. The van der Waals surface area contributed by atoms with Gasteiger partial charge in [0.15, 0.2) is 0 Å². The van der Waals surface area contributed by atoms with Gasteiger partial charge < -0.3 is 11.1 Å². The van der Waals surface area contributed by atoms with Crippen LogP contribution in [0.2, 0.25) is 0 Å². The third-order valence-electron chi connectivity index (χ3n) is 2.46. The highest BCUT2D eigenvalue weighted by molar-refractivity contribution is 7.99. The van der Waals surface area contributed by atoms with Crippen molar-refractivity contribution >= 4 is 30.1 Å². The zero-order valence-electron chi connectivity index (χ0n) is 8.81. The van der Waals surface area contributed by atoms with E-state index in [9.17, 15) is 4.79 Å². The minimum absolute atomic E-state index is 0. The molecule has 0 saturated carbocycles. The summed E-state index contributed by atoms with van der Waals surface area (Å²) in [5.74, 6) is 0.936. The van der Waals surface area contributed by atoms with Gasteiger partial charge in [-0.05, 0) is 11.6 Å². The molecule has 88 valence electrons. The number of benzene rings is 1. The van der Waals surface area contributed by atoms with Crippen molar-refractivity contribution in [1.29, 1.82) is 0 Å². The first-order valence-electron chi connectivity index (χ1n) is 5.02. The van der Waals surface area contributed by atoms with Gasteiger partial charge in [-0.15, -0.1) is 24.2 Å². The second kappa shape index (κ2) is 6.13. The van der Waals surface area contributed by atoms with Crippen molar-refractivity contribution in [3.63, 3.8) is 0 Å². The van der Waals surface area contributed by atoms with Gasteiger partial charge in [-0.2, -0.15) is 0 Å². The van der Waals surface area contributed by atoms with Crippen LogP contribution in [0.3, 0.4) is 0 Å². The van der Waals surface area contributed by atoms with E-state index in [0.717, 1.165) is 11.3 Å². The zero-order chi connectivity index (χ0) is 10.7. The summed E-state index contributed by atoms with van der Waals surface area (Å²) in [4.78, 5) is 13.0. The Kier molecular flexibility index (Phi) is 5.12. The molecule has 3 N–H and O–H groups in total. The molecule has 0 bridgehead atoms. The molecule has 1 atom stereocenters. The van der Waals surface area contributed by atoms with Gasteiger partial charge in [-0.3, -0.25) is 4.79 Å². The normalized spacial score (nSPS) is 17.4. The van der Waals surface area contributed by atoms with Crippen LogP contribution in [0.15, 0.2) is 29.2 Å². The molecule has 0 spiro atoms. The molecular formula is C11H15ClN2OS. The summed E-state index contributed by atoms with van der Waals surface area (Å²) in [5, 5.41) is 2.84. The molecule has 0 aromatic heterocycles. The van der Waals surface area contributed by atoms with E-state index in [1.165, 1.54) is 4.90 Å². The molecule has 5 heteroatoms. The summed E-state index contributed by atoms with van der Waals surface area (Å²) < 4.78 is 0. The number of hydrogen-bond donors (Lipinski definition) is 2. The van der Waals surface area contributed by atoms with E-state index in [4.69, 9.17) is 5.73 Å². The first-order valence-corrected chi connectivity index (χ1v) is 6.01. The highest BCUT2D eigenvalue weighted by Gasteiger charge is 2.28. The molecule has 0 aliphatic carbocycles. The van der Waals surface area contributed by atoms with Crippen LogP contribution < -0.4 is 11.1 Å². The maximum atomic E-state index is 11.8. The molecule has 0 fully saturated rings.